The van der Waals surface area contributed by atoms with Gasteiger partial charge in [-0.05, 0) is 23.0 Å². The van der Waals surface area contributed by atoms with Gasteiger partial charge in [0.15, 0.2) is 0 Å². The fourth-order valence-corrected chi connectivity index (χ4v) is 3.51. The van der Waals surface area contributed by atoms with E-state index in [0.29, 0.717) is 0 Å². The predicted octanol–water partition coefficient (Wildman–Crippen LogP) is 6.24. The highest BCUT2D eigenvalue weighted by Gasteiger charge is 2.48. The summed E-state index contributed by atoms with van der Waals surface area (Å²) >= 11 is 6.35. The van der Waals surface area contributed by atoms with Crippen molar-refractivity contribution in [3.05, 3.63) is 41.0 Å². The van der Waals surface area contributed by atoms with Crippen LogP contribution in [0.4, 0.5) is 0 Å². The van der Waals surface area contributed by atoms with E-state index in [2.05, 4.69) is 66.7 Å². The van der Waals surface area contributed by atoms with E-state index in [1.807, 2.05) is 12.1 Å². The molecule has 114 valence electrons. The third-order valence-electron chi connectivity index (χ3n) is 5.18. The van der Waals surface area contributed by atoms with Crippen LogP contribution in [-0.2, 0) is 5.41 Å². The van der Waals surface area contributed by atoms with Gasteiger partial charge in [-0.2, -0.15) is 0 Å². The van der Waals surface area contributed by atoms with Gasteiger partial charge in [0.05, 0.1) is 10.5 Å². The Morgan fingerprint density at radius 3 is 1.90 bits per heavy atom. The summed E-state index contributed by atoms with van der Waals surface area (Å²) in [4.78, 5) is 4.95. The zero-order chi connectivity index (χ0) is 16.1. The molecule has 0 aliphatic carbocycles. The first-order valence-electron chi connectivity index (χ1n) is 7.54. The molecule has 0 N–H and O–H groups in total. The van der Waals surface area contributed by atoms with Gasteiger partial charge in [0.2, 0.25) is 0 Å². The standard InChI is InChI=1S/C19H26ClN/c1-17(2,3)19(7,18(4,5)6)15-12-11-13-9-8-10-14(20)16(13)21-15/h8-12H,1-7H3. The van der Waals surface area contributed by atoms with Crippen molar-refractivity contribution in [2.45, 2.75) is 53.9 Å². The molecule has 1 aromatic heterocycles. The van der Waals surface area contributed by atoms with Crippen LogP contribution >= 0.6 is 11.6 Å². The Hall–Kier alpha value is -1.08. The minimum Gasteiger partial charge on any atom is -0.251 e. The topological polar surface area (TPSA) is 12.9 Å². The number of rotatable bonds is 1. The van der Waals surface area contributed by atoms with Crippen molar-refractivity contribution >= 4 is 22.5 Å². The van der Waals surface area contributed by atoms with Crippen molar-refractivity contribution in [3.63, 3.8) is 0 Å². The maximum Gasteiger partial charge on any atom is 0.0891 e. The van der Waals surface area contributed by atoms with Gasteiger partial charge in [-0.3, -0.25) is 4.98 Å². The summed E-state index contributed by atoms with van der Waals surface area (Å²) < 4.78 is 0. The van der Waals surface area contributed by atoms with Gasteiger partial charge in [0, 0.05) is 16.5 Å². The van der Waals surface area contributed by atoms with Crippen molar-refractivity contribution in [1.82, 2.24) is 4.98 Å². The lowest BCUT2D eigenvalue weighted by Crippen LogP contribution is -2.48. The summed E-state index contributed by atoms with van der Waals surface area (Å²) in [6.07, 6.45) is 0. The van der Waals surface area contributed by atoms with Crippen LogP contribution in [0, 0.1) is 10.8 Å². The Morgan fingerprint density at radius 2 is 1.38 bits per heavy atom. The van der Waals surface area contributed by atoms with E-state index in [1.54, 1.807) is 0 Å². The molecule has 0 saturated carbocycles. The minimum atomic E-state index is -0.0621. The molecule has 0 unspecified atom stereocenters. The second-order valence-electron chi connectivity index (χ2n) is 8.13. The maximum atomic E-state index is 6.35. The van der Waals surface area contributed by atoms with Gasteiger partial charge < -0.3 is 0 Å². The zero-order valence-corrected chi connectivity index (χ0v) is 15.0. The van der Waals surface area contributed by atoms with Crippen molar-refractivity contribution in [1.29, 1.82) is 0 Å². The van der Waals surface area contributed by atoms with Crippen molar-refractivity contribution in [2.24, 2.45) is 10.8 Å². The monoisotopic (exact) mass is 303 g/mol. The van der Waals surface area contributed by atoms with E-state index in [1.165, 1.54) is 0 Å². The van der Waals surface area contributed by atoms with Crippen LogP contribution in [0.3, 0.4) is 0 Å². The molecule has 0 radical (unpaired) electrons. The quantitative estimate of drug-likeness (QED) is 0.608. The van der Waals surface area contributed by atoms with Gasteiger partial charge >= 0.3 is 0 Å². The molecule has 1 heterocycles. The molecular formula is C19H26ClN. The molecule has 1 nitrogen and oxygen atoms in total. The summed E-state index contributed by atoms with van der Waals surface area (Å²) in [5, 5.41) is 1.82. The fraction of sp³-hybridized carbons (Fsp3) is 0.526. The molecule has 2 heteroatoms. The van der Waals surface area contributed by atoms with Gasteiger partial charge in [0.1, 0.15) is 0 Å². The van der Waals surface area contributed by atoms with Crippen molar-refractivity contribution < 1.29 is 0 Å². The van der Waals surface area contributed by atoms with Crippen LogP contribution < -0.4 is 0 Å². The van der Waals surface area contributed by atoms with Crippen LogP contribution in [-0.4, -0.2) is 4.98 Å². The van der Waals surface area contributed by atoms with Gasteiger partial charge in [0.25, 0.3) is 0 Å². The van der Waals surface area contributed by atoms with E-state index in [0.717, 1.165) is 21.6 Å². The molecule has 2 aromatic rings. The van der Waals surface area contributed by atoms with Gasteiger partial charge in [-0.1, -0.05) is 78.3 Å². The Bertz CT molecular complexity index is 645. The first kappa shape index (κ1) is 16.3. The first-order valence-corrected chi connectivity index (χ1v) is 7.92. The van der Waals surface area contributed by atoms with Crippen LogP contribution in [0.15, 0.2) is 30.3 Å². The second-order valence-corrected chi connectivity index (χ2v) is 8.54. The summed E-state index contributed by atoms with van der Waals surface area (Å²) in [5.41, 5.74) is 2.13. The predicted molar refractivity (Wildman–Crippen MR) is 93.0 cm³/mol. The minimum absolute atomic E-state index is 0.0621. The van der Waals surface area contributed by atoms with Gasteiger partial charge in [-0.25, -0.2) is 0 Å². The third kappa shape index (κ3) is 2.57. The lowest BCUT2D eigenvalue weighted by atomic mass is 9.53. The summed E-state index contributed by atoms with van der Waals surface area (Å²) in [5.74, 6) is 0. The number of halogens is 1. The molecule has 1 aromatic carbocycles. The molecule has 0 amide bonds. The van der Waals surface area contributed by atoms with E-state index < -0.39 is 0 Å². The molecule has 0 saturated heterocycles. The van der Waals surface area contributed by atoms with E-state index in [-0.39, 0.29) is 16.2 Å². The van der Waals surface area contributed by atoms with Crippen molar-refractivity contribution in [2.75, 3.05) is 0 Å². The van der Waals surface area contributed by atoms with Crippen LogP contribution in [0.5, 0.6) is 0 Å². The van der Waals surface area contributed by atoms with Crippen LogP contribution in [0.25, 0.3) is 10.9 Å². The van der Waals surface area contributed by atoms with Crippen molar-refractivity contribution in [3.8, 4) is 0 Å². The van der Waals surface area contributed by atoms with Crippen LogP contribution in [0.2, 0.25) is 5.02 Å². The number of hydrogen-bond acceptors (Lipinski definition) is 1. The summed E-state index contributed by atoms with van der Waals surface area (Å²) in [6.45, 7) is 16.0. The molecular weight excluding hydrogens is 278 g/mol. The molecule has 0 fully saturated rings. The molecule has 0 spiro atoms. The Morgan fingerprint density at radius 1 is 0.810 bits per heavy atom. The van der Waals surface area contributed by atoms with Gasteiger partial charge in [-0.15, -0.1) is 0 Å². The van der Waals surface area contributed by atoms with E-state index in [4.69, 9.17) is 16.6 Å². The number of nitrogens with zero attached hydrogens (tertiary/aromatic N) is 1. The van der Waals surface area contributed by atoms with E-state index >= 15 is 0 Å². The molecule has 0 aliphatic rings. The lowest BCUT2D eigenvalue weighted by Gasteiger charge is -2.51. The number of benzene rings is 1. The average molecular weight is 304 g/mol. The normalized spacial score (nSPS) is 13.7. The van der Waals surface area contributed by atoms with Crippen LogP contribution in [0.1, 0.15) is 54.2 Å². The third-order valence-corrected chi connectivity index (χ3v) is 5.49. The SMILES string of the molecule is CC(C)(C)C(C)(c1ccc2cccc(Cl)c2n1)C(C)(C)C. The summed E-state index contributed by atoms with van der Waals surface area (Å²) in [7, 11) is 0. The molecule has 21 heavy (non-hydrogen) atoms. The number of fused-ring (bicyclic) bond motifs is 1. The zero-order valence-electron chi connectivity index (χ0n) is 14.2. The second kappa shape index (κ2) is 4.98. The largest absolute Gasteiger partial charge is 0.251 e. The maximum absolute atomic E-state index is 6.35. The Balaban J connectivity index is 2.76. The molecule has 0 aliphatic heterocycles. The molecule has 2 rings (SSSR count). The summed E-state index contributed by atoms with van der Waals surface area (Å²) in [6, 6.07) is 10.2. The highest BCUT2D eigenvalue weighted by atomic mass is 35.5. The fourth-order valence-electron chi connectivity index (χ4n) is 3.28. The Labute approximate surface area is 133 Å². The lowest BCUT2D eigenvalue weighted by molar-refractivity contribution is 0.0656. The first-order chi connectivity index (χ1) is 9.48. The number of hydrogen-bond donors (Lipinski definition) is 0. The number of pyridine rings is 1. The highest BCUT2D eigenvalue weighted by molar-refractivity contribution is 6.35. The molecule has 0 atom stereocenters. The number of para-hydroxylation sites is 1. The highest BCUT2D eigenvalue weighted by Crippen LogP contribution is 2.52. The Kier molecular flexibility index (Phi) is 3.87. The van der Waals surface area contributed by atoms with E-state index in [9.17, 15) is 0 Å². The number of aromatic nitrogens is 1. The smallest absolute Gasteiger partial charge is 0.0891 e. The molecule has 0 bridgehead atoms. The average Bonchev–Trinajstić information content (AvgIpc) is 2.35.